The number of hydrogen-bond donors (Lipinski definition) is 1. The molecule has 0 saturated carbocycles. The smallest absolute Gasteiger partial charge is 0.313 e. The van der Waals surface area contributed by atoms with Crippen LogP contribution in [-0.2, 0) is 11.8 Å². The third kappa shape index (κ3) is 3.08. The zero-order valence-corrected chi connectivity index (χ0v) is 12.0. The summed E-state index contributed by atoms with van der Waals surface area (Å²) in [5, 5.41) is 18.0. The van der Waals surface area contributed by atoms with Gasteiger partial charge in [0.1, 0.15) is 0 Å². The molecule has 0 radical (unpaired) electrons. The van der Waals surface area contributed by atoms with Gasteiger partial charge < -0.3 is 9.67 Å². The molecule has 1 aromatic heterocycles. The van der Waals surface area contributed by atoms with Crippen molar-refractivity contribution in [1.82, 2.24) is 14.8 Å². The van der Waals surface area contributed by atoms with E-state index in [1.807, 2.05) is 26.1 Å². The van der Waals surface area contributed by atoms with Crippen LogP contribution in [0, 0.1) is 6.92 Å². The summed E-state index contributed by atoms with van der Waals surface area (Å²) in [6.45, 7) is 1.94. The summed E-state index contributed by atoms with van der Waals surface area (Å²) in [4.78, 5) is 10.6. The molecule has 0 aliphatic rings. The van der Waals surface area contributed by atoms with Gasteiger partial charge in [-0.25, -0.2) is 0 Å². The van der Waals surface area contributed by atoms with E-state index in [-0.39, 0.29) is 5.75 Å². The van der Waals surface area contributed by atoms with Crippen molar-refractivity contribution in [3.63, 3.8) is 0 Å². The van der Waals surface area contributed by atoms with Crippen molar-refractivity contribution in [1.29, 1.82) is 0 Å². The number of thioether (sulfide) groups is 1. The van der Waals surface area contributed by atoms with Gasteiger partial charge in [0, 0.05) is 17.6 Å². The van der Waals surface area contributed by atoms with Crippen LogP contribution >= 0.6 is 23.4 Å². The fourth-order valence-corrected chi connectivity index (χ4v) is 2.54. The Hall–Kier alpha value is -1.53. The SMILES string of the molecule is Cc1cc(Cl)ccc1-c1nnc(SCC(=O)O)n1C. The predicted molar refractivity (Wildman–Crippen MR) is 74.5 cm³/mol. The third-order valence-corrected chi connectivity index (χ3v) is 3.83. The van der Waals surface area contributed by atoms with Gasteiger partial charge >= 0.3 is 5.97 Å². The van der Waals surface area contributed by atoms with Gasteiger partial charge in [-0.1, -0.05) is 23.4 Å². The highest BCUT2D eigenvalue weighted by Crippen LogP contribution is 2.26. The summed E-state index contributed by atoms with van der Waals surface area (Å²) in [6, 6.07) is 5.53. The molecule has 2 rings (SSSR count). The first-order valence-corrected chi connectivity index (χ1v) is 6.86. The minimum atomic E-state index is -0.878. The second-order valence-electron chi connectivity index (χ2n) is 4.01. The predicted octanol–water partition coefficient (Wildman–Crippen LogP) is 2.62. The van der Waals surface area contributed by atoms with Gasteiger partial charge in [0.2, 0.25) is 0 Å². The lowest BCUT2D eigenvalue weighted by atomic mass is 10.1. The lowest BCUT2D eigenvalue weighted by Gasteiger charge is -2.06. The molecule has 7 heteroatoms. The molecule has 5 nitrogen and oxygen atoms in total. The summed E-state index contributed by atoms with van der Waals surface area (Å²) in [5.41, 5.74) is 1.93. The highest BCUT2D eigenvalue weighted by Gasteiger charge is 2.14. The second kappa shape index (κ2) is 5.63. The molecule has 0 saturated heterocycles. The number of halogens is 1. The molecule has 100 valence electrons. The summed E-state index contributed by atoms with van der Waals surface area (Å²) in [7, 11) is 1.81. The molecule has 0 amide bonds. The molecule has 1 heterocycles. The Labute approximate surface area is 119 Å². The fraction of sp³-hybridized carbons (Fsp3) is 0.250. The molecule has 1 aromatic carbocycles. The van der Waals surface area contributed by atoms with Gasteiger partial charge in [-0.3, -0.25) is 4.79 Å². The average molecular weight is 298 g/mol. The normalized spacial score (nSPS) is 10.7. The lowest BCUT2D eigenvalue weighted by molar-refractivity contribution is -0.133. The maximum absolute atomic E-state index is 10.6. The van der Waals surface area contributed by atoms with Crippen LogP contribution in [0.1, 0.15) is 5.56 Å². The maximum Gasteiger partial charge on any atom is 0.313 e. The van der Waals surface area contributed by atoms with Crippen LogP contribution in [0.2, 0.25) is 5.02 Å². The van der Waals surface area contributed by atoms with Gasteiger partial charge in [0.15, 0.2) is 11.0 Å². The average Bonchev–Trinajstić information content (AvgIpc) is 2.68. The highest BCUT2D eigenvalue weighted by atomic mass is 35.5. The molecule has 0 aliphatic heterocycles. The fourth-order valence-electron chi connectivity index (χ4n) is 1.68. The topological polar surface area (TPSA) is 68.0 Å². The summed E-state index contributed by atoms with van der Waals surface area (Å²) < 4.78 is 1.78. The Bertz CT molecular complexity index is 627. The molecular weight excluding hydrogens is 286 g/mol. The van der Waals surface area contributed by atoms with Crippen molar-refractivity contribution < 1.29 is 9.90 Å². The van der Waals surface area contributed by atoms with E-state index in [9.17, 15) is 4.79 Å². The van der Waals surface area contributed by atoms with Crippen molar-refractivity contribution in [2.45, 2.75) is 12.1 Å². The van der Waals surface area contributed by atoms with Crippen LogP contribution in [0.5, 0.6) is 0 Å². The molecule has 0 aliphatic carbocycles. The molecule has 2 aromatic rings. The number of aryl methyl sites for hydroxylation is 1. The van der Waals surface area contributed by atoms with Crippen molar-refractivity contribution in [3.8, 4) is 11.4 Å². The van der Waals surface area contributed by atoms with Gasteiger partial charge in [0.05, 0.1) is 5.75 Å². The monoisotopic (exact) mass is 297 g/mol. The van der Waals surface area contributed by atoms with E-state index >= 15 is 0 Å². The van der Waals surface area contributed by atoms with Crippen LogP contribution < -0.4 is 0 Å². The molecule has 1 N–H and O–H groups in total. The summed E-state index contributed by atoms with van der Waals surface area (Å²) >= 11 is 7.07. The van der Waals surface area contributed by atoms with Crippen molar-refractivity contribution in [2.75, 3.05) is 5.75 Å². The van der Waals surface area contributed by atoms with E-state index < -0.39 is 5.97 Å². The maximum atomic E-state index is 10.6. The molecule has 0 spiro atoms. The zero-order chi connectivity index (χ0) is 14.0. The quantitative estimate of drug-likeness (QED) is 0.879. The Morgan fingerprint density at radius 3 is 2.84 bits per heavy atom. The number of carbonyl (C=O) groups is 1. The van der Waals surface area contributed by atoms with E-state index in [2.05, 4.69) is 10.2 Å². The molecule has 0 atom stereocenters. The first kappa shape index (κ1) is 13.9. The Balaban J connectivity index is 2.33. The molecule has 0 fully saturated rings. The van der Waals surface area contributed by atoms with E-state index in [0.717, 1.165) is 22.9 Å². The van der Waals surface area contributed by atoms with E-state index in [1.54, 1.807) is 10.6 Å². The first-order chi connectivity index (χ1) is 8.99. The minimum Gasteiger partial charge on any atom is -0.481 e. The number of hydrogen-bond acceptors (Lipinski definition) is 4. The van der Waals surface area contributed by atoms with Gasteiger partial charge in [-0.05, 0) is 30.7 Å². The molecule has 0 bridgehead atoms. The number of nitrogens with zero attached hydrogens (tertiary/aromatic N) is 3. The molecular formula is C12H12ClN3O2S. The van der Waals surface area contributed by atoms with Crippen LogP contribution in [0.4, 0.5) is 0 Å². The number of aromatic nitrogens is 3. The van der Waals surface area contributed by atoms with E-state index in [0.29, 0.717) is 16.0 Å². The number of aliphatic carboxylic acids is 1. The lowest BCUT2D eigenvalue weighted by Crippen LogP contribution is -2.01. The minimum absolute atomic E-state index is 0.0361. The van der Waals surface area contributed by atoms with E-state index in [4.69, 9.17) is 16.7 Å². The molecule has 0 unspecified atom stereocenters. The number of benzene rings is 1. The Morgan fingerprint density at radius 2 is 2.21 bits per heavy atom. The van der Waals surface area contributed by atoms with Gasteiger partial charge in [-0.15, -0.1) is 10.2 Å². The number of carboxylic acids is 1. The standard InChI is InChI=1S/C12H12ClN3O2S/c1-7-5-8(13)3-4-9(7)11-14-15-12(16(11)2)19-6-10(17)18/h3-5H,6H2,1-2H3,(H,17,18). The summed E-state index contributed by atoms with van der Waals surface area (Å²) in [6.07, 6.45) is 0. The van der Waals surface area contributed by atoms with E-state index in [1.165, 1.54) is 0 Å². The second-order valence-corrected chi connectivity index (χ2v) is 5.39. The third-order valence-electron chi connectivity index (χ3n) is 2.59. The van der Waals surface area contributed by atoms with Gasteiger partial charge in [0.25, 0.3) is 0 Å². The summed E-state index contributed by atoms with van der Waals surface area (Å²) in [5.74, 6) is -0.217. The van der Waals surface area contributed by atoms with Crippen LogP contribution in [0.25, 0.3) is 11.4 Å². The van der Waals surface area contributed by atoms with Crippen molar-refractivity contribution in [3.05, 3.63) is 28.8 Å². The largest absolute Gasteiger partial charge is 0.481 e. The number of rotatable bonds is 4. The van der Waals surface area contributed by atoms with Crippen LogP contribution in [-0.4, -0.2) is 31.6 Å². The van der Waals surface area contributed by atoms with Crippen LogP contribution in [0.3, 0.4) is 0 Å². The van der Waals surface area contributed by atoms with Gasteiger partial charge in [-0.2, -0.15) is 0 Å². The van der Waals surface area contributed by atoms with Crippen molar-refractivity contribution >= 4 is 29.3 Å². The highest BCUT2D eigenvalue weighted by molar-refractivity contribution is 7.99. The number of carboxylic acid groups (broad SMARTS) is 1. The van der Waals surface area contributed by atoms with Crippen molar-refractivity contribution in [2.24, 2.45) is 7.05 Å². The zero-order valence-electron chi connectivity index (χ0n) is 10.4. The molecule has 19 heavy (non-hydrogen) atoms. The Kier molecular flexibility index (Phi) is 4.11. The van der Waals surface area contributed by atoms with Crippen LogP contribution in [0.15, 0.2) is 23.4 Å². The first-order valence-electron chi connectivity index (χ1n) is 5.49. The Morgan fingerprint density at radius 1 is 1.47 bits per heavy atom.